The maximum absolute atomic E-state index is 11.1. The van der Waals surface area contributed by atoms with Gasteiger partial charge in [-0.25, -0.2) is 4.79 Å². The SMILES string of the molecule is CCOC(=O)CCCNc1ccccc1C(=O)O. The summed E-state index contributed by atoms with van der Waals surface area (Å²) < 4.78 is 4.80. The van der Waals surface area contributed by atoms with E-state index in [0.717, 1.165) is 0 Å². The van der Waals surface area contributed by atoms with Crippen LogP contribution in [-0.2, 0) is 9.53 Å². The Hall–Kier alpha value is -2.04. The Kier molecular flexibility index (Phi) is 5.70. The van der Waals surface area contributed by atoms with Gasteiger partial charge in [-0.05, 0) is 25.5 Å². The smallest absolute Gasteiger partial charge is 0.337 e. The van der Waals surface area contributed by atoms with E-state index in [1.54, 1.807) is 25.1 Å². The lowest BCUT2D eigenvalue weighted by atomic mass is 10.1. The van der Waals surface area contributed by atoms with Gasteiger partial charge >= 0.3 is 11.9 Å². The van der Waals surface area contributed by atoms with Crippen LogP contribution in [0, 0.1) is 0 Å². The third-order valence-corrected chi connectivity index (χ3v) is 2.34. The zero-order chi connectivity index (χ0) is 13.4. The number of rotatable bonds is 7. The Bertz CT molecular complexity index is 417. The number of carboxylic acid groups (broad SMARTS) is 1. The summed E-state index contributed by atoms with van der Waals surface area (Å²) in [6.45, 7) is 2.68. The fourth-order valence-corrected chi connectivity index (χ4v) is 1.51. The molecule has 0 aromatic heterocycles. The molecule has 18 heavy (non-hydrogen) atoms. The molecule has 2 N–H and O–H groups in total. The molecule has 0 bridgehead atoms. The number of carbonyl (C=O) groups is 2. The van der Waals surface area contributed by atoms with Crippen LogP contribution in [0.25, 0.3) is 0 Å². The molecule has 0 aliphatic carbocycles. The van der Waals surface area contributed by atoms with E-state index in [9.17, 15) is 9.59 Å². The van der Waals surface area contributed by atoms with Gasteiger partial charge in [-0.3, -0.25) is 4.79 Å². The second kappa shape index (κ2) is 7.32. The minimum absolute atomic E-state index is 0.230. The van der Waals surface area contributed by atoms with E-state index in [4.69, 9.17) is 9.84 Å². The lowest BCUT2D eigenvalue weighted by molar-refractivity contribution is -0.143. The molecule has 5 heteroatoms. The Morgan fingerprint density at radius 1 is 1.33 bits per heavy atom. The first-order chi connectivity index (χ1) is 8.65. The van der Waals surface area contributed by atoms with Gasteiger partial charge in [0.1, 0.15) is 0 Å². The molecule has 0 spiro atoms. The highest BCUT2D eigenvalue weighted by atomic mass is 16.5. The van der Waals surface area contributed by atoms with E-state index in [-0.39, 0.29) is 11.5 Å². The van der Waals surface area contributed by atoms with E-state index < -0.39 is 5.97 Å². The predicted molar refractivity (Wildman–Crippen MR) is 67.8 cm³/mol. The van der Waals surface area contributed by atoms with E-state index in [0.29, 0.717) is 31.7 Å². The van der Waals surface area contributed by atoms with Crippen LogP contribution in [-0.4, -0.2) is 30.2 Å². The van der Waals surface area contributed by atoms with E-state index in [2.05, 4.69) is 5.32 Å². The molecular formula is C13H17NO4. The summed E-state index contributed by atoms with van der Waals surface area (Å²) >= 11 is 0. The molecule has 0 saturated carbocycles. The lowest BCUT2D eigenvalue weighted by Crippen LogP contribution is -2.10. The molecule has 1 rings (SSSR count). The van der Waals surface area contributed by atoms with Gasteiger partial charge in [0.2, 0.25) is 0 Å². The Labute approximate surface area is 106 Å². The first-order valence-corrected chi connectivity index (χ1v) is 5.87. The quantitative estimate of drug-likeness (QED) is 0.573. The number of anilines is 1. The molecule has 1 aromatic carbocycles. The van der Waals surface area contributed by atoms with E-state index in [1.165, 1.54) is 6.07 Å². The second-order valence-electron chi connectivity index (χ2n) is 3.69. The Morgan fingerprint density at radius 2 is 2.06 bits per heavy atom. The average Bonchev–Trinajstić information content (AvgIpc) is 2.35. The first-order valence-electron chi connectivity index (χ1n) is 5.87. The summed E-state index contributed by atoms with van der Waals surface area (Å²) in [5, 5.41) is 12.0. The number of esters is 1. The number of hydrogen-bond acceptors (Lipinski definition) is 4. The Balaban J connectivity index is 2.40. The molecule has 0 unspecified atom stereocenters. The van der Waals surface area contributed by atoms with Gasteiger partial charge in [0.05, 0.1) is 12.2 Å². The summed E-state index contributed by atoms with van der Waals surface area (Å²) in [4.78, 5) is 22.0. The van der Waals surface area contributed by atoms with Gasteiger partial charge < -0.3 is 15.2 Å². The molecule has 0 fully saturated rings. The highest BCUT2D eigenvalue weighted by molar-refractivity contribution is 5.94. The van der Waals surface area contributed by atoms with Crippen molar-refractivity contribution >= 4 is 17.6 Å². The van der Waals surface area contributed by atoms with Crippen LogP contribution in [0.3, 0.4) is 0 Å². The van der Waals surface area contributed by atoms with E-state index >= 15 is 0 Å². The third-order valence-electron chi connectivity index (χ3n) is 2.34. The molecule has 0 heterocycles. The van der Waals surface area contributed by atoms with Crippen LogP contribution in [0.15, 0.2) is 24.3 Å². The van der Waals surface area contributed by atoms with Gasteiger partial charge in [-0.15, -0.1) is 0 Å². The highest BCUT2D eigenvalue weighted by Gasteiger charge is 2.08. The van der Waals surface area contributed by atoms with Gasteiger partial charge in [0, 0.05) is 18.7 Å². The fourth-order valence-electron chi connectivity index (χ4n) is 1.51. The monoisotopic (exact) mass is 251 g/mol. The largest absolute Gasteiger partial charge is 0.478 e. The molecular weight excluding hydrogens is 234 g/mol. The maximum Gasteiger partial charge on any atom is 0.337 e. The average molecular weight is 251 g/mol. The van der Waals surface area contributed by atoms with Crippen molar-refractivity contribution < 1.29 is 19.4 Å². The number of aromatic carboxylic acids is 1. The van der Waals surface area contributed by atoms with Crippen LogP contribution in [0.1, 0.15) is 30.1 Å². The van der Waals surface area contributed by atoms with Crippen LogP contribution in [0.5, 0.6) is 0 Å². The molecule has 1 aromatic rings. The fraction of sp³-hybridized carbons (Fsp3) is 0.385. The standard InChI is InChI=1S/C13H17NO4/c1-2-18-12(15)8-5-9-14-11-7-4-3-6-10(11)13(16)17/h3-4,6-7,14H,2,5,8-9H2,1H3,(H,16,17). The van der Waals surface area contributed by atoms with Gasteiger partial charge in [-0.1, -0.05) is 12.1 Å². The number of benzene rings is 1. The summed E-state index contributed by atoms with van der Waals surface area (Å²) in [7, 11) is 0. The van der Waals surface area contributed by atoms with Crippen LogP contribution < -0.4 is 5.32 Å². The number of hydrogen-bond donors (Lipinski definition) is 2. The molecule has 98 valence electrons. The summed E-state index contributed by atoms with van der Waals surface area (Å²) in [5.41, 5.74) is 0.794. The summed E-state index contributed by atoms with van der Waals surface area (Å²) in [5.74, 6) is -1.20. The number of nitrogens with one attached hydrogen (secondary N) is 1. The third kappa shape index (κ3) is 4.45. The van der Waals surface area contributed by atoms with Crippen LogP contribution in [0.2, 0.25) is 0 Å². The van der Waals surface area contributed by atoms with Crippen molar-refractivity contribution in [2.45, 2.75) is 19.8 Å². The Morgan fingerprint density at radius 3 is 2.72 bits per heavy atom. The lowest BCUT2D eigenvalue weighted by Gasteiger charge is -2.08. The van der Waals surface area contributed by atoms with Gasteiger partial charge in [-0.2, -0.15) is 0 Å². The number of carboxylic acids is 1. The predicted octanol–water partition coefficient (Wildman–Crippen LogP) is 2.14. The van der Waals surface area contributed by atoms with Crippen LogP contribution >= 0.6 is 0 Å². The van der Waals surface area contributed by atoms with Crippen LogP contribution in [0.4, 0.5) is 5.69 Å². The van der Waals surface area contributed by atoms with Crippen molar-refractivity contribution in [1.82, 2.24) is 0 Å². The van der Waals surface area contributed by atoms with Gasteiger partial charge in [0.15, 0.2) is 0 Å². The first kappa shape index (κ1) is 14.0. The van der Waals surface area contributed by atoms with Crippen molar-refractivity contribution in [2.75, 3.05) is 18.5 Å². The second-order valence-corrected chi connectivity index (χ2v) is 3.69. The molecule has 0 saturated heterocycles. The van der Waals surface area contributed by atoms with Gasteiger partial charge in [0.25, 0.3) is 0 Å². The van der Waals surface area contributed by atoms with Crippen molar-refractivity contribution in [3.8, 4) is 0 Å². The topological polar surface area (TPSA) is 75.6 Å². The molecule has 0 atom stereocenters. The number of carbonyl (C=O) groups excluding carboxylic acids is 1. The maximum atomic E-state index is 11.1. The molecule has 0 aliphatic rings. The zero-order valence-corrected chi connectivity index (χ0v) is 10.3. The van der Waals surface area contributed by atoms with E-state index in [1.807, 2.05) is 0 Å². The highest BCUT2D eigenvalue weighted by Crippen LogP contribution is 2.14. The summed E-state index contributed by atoms with van der Waals surface area (Å²) in [6.07, 6.45) is 0.933. The summed E-state index contributed by atoms with van der Waals surface area (Å²) in [6, 6.07) is 6.68. The minimum atomic E-state index is -0.969. The van der Waals surface area contributed by atoms with Crippen molar-refractivity contribution in [3.05, 3.63) is 29.8 Å². The number of ether oxygens (including phenoxy) is 1. The molecule has 0 aliphatic heterocycles. The zero-order valence-electron chi connectivity index (χ0n) is 10.3. The van der Waals surface area contributed by atoms with Crippen molar-refractivity contribution in [2.24, 2.45) is 0 Å². The minimum Gasteiger partial charge on any atom is -0.478 e. The van der Waals surface area contributed by atoms with Crippen molar-refractivity contribution in [1.29, 1.82) is 0 Å². The molecule has 0 amide bonds. The molecule has 0 radical (unpaired) electrons. The molecule has 5 nitrogen and oxygen atoms in total. The van der Waals surface area contributed by atoms with Crippen molar-refractivity contribution in [3.63, 3.8) is 0 Å². The normalized spacial score (nSPS) is 9.83. The number of para-hydroxylation sites is 1.